The van der Waals surface area contributed by atoms with Crippen LogP contribution in [0.1, 0.15) is 68.2 Å². The van der Waals surface area contributed by atoms with E-state index in [0.717, 1.165) is 24.9 Å². The van der Waals surface area contributed by atoms with Crippen LogP contribution in [-0.2, 0) is 0 Å². The molecule has 1 heteroatoms. The van der Waals surface area contributed by atoms with Gasteiger partial charge in [0.1, 0.15) is 0 Å². The highest BCUT2D eigenvalue weighted by Gasteiger charge is 2.25. The Kier molecular flexibility index (Phi) is 6.76. The first-order chi connectivity index (χ1) is 7.62. The maximum absolute atomic E-state index is 4.85. The zero-order valence-corrected chi connectivity index (χ0v) is 13.4. The summed E-state index contributed by atoms with van der Waals surface area (Å²) in [6.07, 6.45) is 2.47. The average Bonchev–Trinajstić information content (AvgIpc) is 2.13. The first-order valence-corrected chi connectivity index (χ1v) is 7.26. The van der Waals surface area contributed by atoms with E-state index in [0.29, 0.717) is 10.8 Å². The van der Waals surface area contributed by atoms with Crippen molar-refractivity contribution >= 4 is 0 Å². The molecule has 1 nitrogen and oxygen atoms in total. The highest BCUT2D eigenvalue weighted by Crippen LogP contribution is 2.30. The first kappa shape index (κ1) is 17.0. The second-order valence-corrected chi connectivity index (χ2v) is 7.53. The molecule has 1 radical (unpaired) electrons. The van der Waals surface area contributed by atoms with E-state index >= 15 is 0 Å². The van der Waals surface area contributed by atoms with Gasteiger partial charge in [-0.05, 0) is 22.7 Å². The van der Waals surface area contributed by atoms with E-state index in [4.69, 9.17) is 5.32 Å². The predicted octanol–water partition coefficient (Wildman–Crippen LogP) is 4.74. The normalized spacial score (nSPS) is 16.9. The van der Waals surface area contributed by atoms with Crippen LogP contribution >= 0.6 is 0 Å². The van der Waals surface area contributed by atoms with E-state index in [-0.39, 0.29) is 0 Å². The Morgan fingerprint density at radius 3 is 1.18 bits per heavy atom. The summed E-state index contributed by atoms with van der Waals surface area (Å²) < 4.78 is 0. The molecule has 0 aromatic heterocycles. The van der Waals surface area contributed by atoms with Gasteiger partial charge in [-0.1, -0.05) is 68.2 Å². The molecule has 0 spiro atoms. The molecule has 0 saturated carbocycles. The summed E-state index contributed by atoms with van der Waals surface area (Å²) in [6, 6.07) is 0. The van der Waals surface area contributed by atoms with Crippen molar-refractivity contribution in [2.45, 2.75) is 68.2 Å². The molecule has 0 amide bonds. The van der Waals surface area contributed by atoms with Gasteiger partial charge in [-0.15, -0.1) is 0 Å². The lowest BCUT2D eigenvalue weighted by Crippen LogP contribution is -2.33. The lowest BCUT2D eigenvalue weighted by Gasteiger charge is -2.32. The SMILES string of the molecule is CCC(C[N]CC(CC)C(C)(C)C)C(C)(C)C. The molecule has 2 unspecified atom stereocenters. The Morgan fingerprint density at radius 1 is 0.706 bits per heavy atom. The van der Waals surface area contributed by atoms with E-state index in [1.807, 2.05) is 0 Å². The third-order valence-corrected chi connectivity index (χ3v) is 4.13. The zero-order valence-electron chi connectivity index (χ0n) is 13.4. The Balaban J connectivity index is 4.13. The quantitative estimate of drug-likeness (QED) is 0.637. The average molecular weight is 240 g/mol. The molecule has 0 aromatic carbocycles. The van der Waals surface area contributed by atoms with E-state index in [2.05, 4.69) is 55.4 Å². The van der Waals surface area contributed by atoms with Crippen molar-refractivity contribution < 1.29 is 0 Å². The summed E-state index contributed by atoms with van der Waals surface area (Å²) >= 11 is 0. The van der Waals surface area contributed by atoms with Gasteiger partial charge in [0.2, 0.25) is 0 Å². The molecule has 0 aliphatic rings. The smallest absolute Gasteiger partial charge is 0.0166 e. The van der Waals surface area contributed by atoms with Crippen molar-refractivity contribution in [3.8, 4) is 0 Å². The minimum absolute atomic E-state index is 0.391. The molecule has 0 bridgehead atoms. The Morgan fingerprint density at radius 2 is 1.00 bits per heavy atom. The van der Waals surface area contributed by atoms with Gasteiger partial charge in [0.15, 0.2) is 0 Å². The summed E-state index contributed by atoms with van der Waals surface area (Å²) in [5.41, 5.74) is 0.781. The molecule has 0 rings (SSSR count). The van der Waals surface area contributed by atoms with Crippen LogP contribution in [0.15, 0.2) is 0 Å². The maximum Gasteiger partial charge on any atom is 0.0166 e. The molecule has 2 atom stereocenters. The van der Waals surface area contributed by atoms with Crippen molar-refractivity contribution in [3.63, 3.8) is 0 Å². The van der Waals surface area contributed by atoms with E-state index in [1.165, 1.54) is 12.8 Å². The van der Waals surface area contributed by atoms with E-state index < -0.39 is 0 Å². The van der Waals surface area contributed by atoms with E-state index in [1.54, 1.807) is 0 Å². The second-order valence-electron chi connectivity index (χ2n) is 7.53. The second kappa shape index (κ2) is 6.78. The summed E-state index contributed by atoms with van der Waals surface area (Å²) in [7, 11) is 0. The van der Waals surface area contributed by atoms with Crippen LogP contribution in [0.3, 0.4) is 0 Å². The van der Waals surface area contributed by atoms with Crippen LogP contribution in [-0.4, -0.2) is 13.1 Å². The molecule has 17 heavy (non-hydrogen) atoms. The van der Waals surface area contributed by atoms with Crippen molar-refractivity contribution in [2.75, 3.05) is 13.1 Å². The summed E-state index contributed by atoms with van der Waals surface area (Å²) in [5, 5.41) is 4.85. The highest BCUT2D eigenvalue weighted by atomic mass is 14.9. The molecule has 0 fully saturated rings. The minimum Gasteiger partial charge on any atom is -0.241 e. The maximum atomic E-state index is 4.85. The molecule has 0 heterocycles. The standard InChI is InChI=1S/C16H34N/c1-9-13(15(3,4)5)11-17-12-14(10-2)16(6,7)8/h13-14H,9-12H2,1-8H3. The molecule has 103 valence electrons. The van der Waals surface area contributed by atoms with E-state index in [9.17, 15) is 0 Å². The van der Waals surface area contributed by atoms with Gasteiger partial charge in [-0.3, -0.25) is 0 Å². The summed E-state index contributed by atoms with van der Waals surface area (Å²) in [4.78, 5) is 0. The molecular weight excluding hydrogens is 206 g/mol. The number of hydrogen-bond acceptors (Lipinski definition) is 0. The largest absolute Gasteiger partial charge is 0.241 e. The van der Waals surface area contributed by atoms with Gasteiger partial charge < -0.3 is 0 Å². The van der Waals surface area contributed by atoms with Crippen molar-refractivity contribution in [3.05, 3.63) is 0 Å². The first-order valence-electron chi connectivity index (χ1n) is 7.26. The number of rotatable bonds is 6. The monoisotopic (exact) mass is 240 g/mol. The zero-order chi connectivity index (χ0) is 13.7. The third-order valence-electron chi connectivity index (χ3n) is 4.13. The van der Waals surface area contributed by atoms with Gasteiger partial charge in [-0.25, -0.2) is 5.32 Å². The lowest BCUT2D eigenvalue weighted by atomic mass is 9.77. The van der Waals surface area contributed by atoms with Gasteiger partial charge >= 0.3 is 0 Å². The van der Waals surface area contributed by atoms with Crippen LogP contribution in [0.4, 0.5) is 0 Å². The van der Waals surface area contributed by atoms with Crippen molar-refractivity contribution in [2.24, 2.45) is 22.7 Å². The molecule has 0 saturated heterocycles. The molecule has 0 aromatic rings. The molecule has 0 aliphatic heterocycles. The van der Waals surface area contributed by atoms with Gasteiger partial charge in [0, 0.05) is 13.1 Å². The van der Waals surface area contributed by atoms with Crippen molar-refractivity contribution in [1.29, 1.82) is 0 Å². The third kappa shape index (κ3) is 6.45. The topological polar surface area (TPSA) is 14.1 Å². The van der Waals surface area contributed by atoms with Gasteiger partial charge in [0.25, 0.3) is 0 Å². The van der Waals surface area contributed by atoms with Crippen LogP contribution in [0.25, 0.3) is 0 Å². The Bertz CT molecular complexity index is 173. The summed E-state index contributed by atoms with van der Waals surface area (Å²) in [6.45, 7) is 20.6. The van der Waals surface area contributed by atoms with Gasteiger partial charge in [0.05, 0.1) is 0 Å². The molecular formula is C16H34N. The fraction of sp³-hybridized carbons (Fsp3) is 1.00. The lowest BCUT2D eigenvalue weighted by molar-refractivity contribution is 0.192. The molecule has 0 N–H and O–H groups in total. The Hall–Kier alpha value is -0.0400. The number of hydrogen-bond donors (Lipinski definition) is 0. The van der Waals surface area contributed by atoms with Crippen molar-refractivity contribution in [1.82, 2.24) is 5.32 Å². The van der Waals surface area contributed by atoms with Crippen LogP contribution in [0, 0.1) is 22.7 Å². The number of nitrogens with zero attached hydrogens (tertiary/aromatic N) is 1. The minimum atomic E-state index is 0.391. The summed E-state index contributed by atoms with van der Waals surface area (Å²) in [5.74, 6) is 1.44. The fourth-order valence-electron chi connectivity index (χ4n) is 2.42. The van der Waals surface area contributed by atoms with Crippen LogP contribution in [0.5, 0.6) is 0 Å². The fourth-order valence-corrected chi connectivity index (χ4v) is 2.42. The molecule has 0 aliphatic carbocycles. The highest BCUT2D eigenvalue weighted by molar-refractivity contribution is 4.78. The van der Waals surface area contributed by atoms with Crippen LogP contribution < -0.4 is 5.32 Å². The Labute approximate surface area is 110 Å². The van der Waals surface area contributed by atoms with Gasteiger partial charge in [-0.2, -0.15) is 0 Å². The van der Waals surface area contributed by atoms with Crippen LogP contribution in [0.2, 0.25) is 0 Å². The predicted molar refractivity (Wildman–Crippen MR) is 78.3 cm³/mol.